The maximum atomic E-state index is 6.36. The molecule has 0 aliphatic heterocycles. The second-order valence-electron chi connectivity index (χ2n) is 5.97. The minimum atomic E-state index is -0.0866. The molecule has 1 saturated carbocycles. The number of halogens is 1. The highest BCUT2D eigenvalue weighted by molar-refractivity contribution is 6.20. The van der Waals surface area contributed by atoms with Gasteiger partial charge >= 0.3 is 0 Å². The maximum Gasteiger partial charge on any atom is 0.147 e. The lowest BCUT2D eigenvalue weighted by atomic mass is 9.85. The summed E-state index contributed by atoms with van der Waals surface area (Å²) < 4.78 is 8.14. The van der Waals surface area contributed by atoms with E-state index in [0.29, 0.717) is 0 Å². The van der Waals surface area contributed by atoms with Crippen molar-refractivity contribution < 1.29 is 4.74 Å². The van der Waals surface area contributed by atoms with E-state index in [1.165, 1.54) is 19.3 Å². The zero-order chi connectivity index (χ0) is 14.8. The molecule has 0 bridgehead atoms. The molecule has 0 spiro atoms. The van der Waals surface area contributed by atoms with Crippen molar-refractivity contribution in [2.24, 2.45) is 5.92 Å². The summed E-state index contributed by atoms with van der Waals surface area (Å²) in [5.74, 6) is 2.61. The van der Waals surface area contributed by atoms with Crippen molar-refractivity contribution in [2.75, 3.05) is 6.61 Å². The van der Waals surface area contributed by atoms with Crippen molar-refractivity contribution in [1.29, 1.82) is 0 Å². The standard InChI is InChI=1S/C17H23ClN2O/c1-3-10-21-15-9-5-8-14-16(15)19-17(12(2)18)20(14)11-13-6-4-7-13/h5,8-9,12-13H,3-4,6-7,10-11H2,1-2H3. The predicted octanol–water partition coefficient (Wildman–Crippen LogP) is 4.93. The van der Waals surface area contributed by atoms with Crippen molar-refractivity contribution in [3.05, 3.63) is 24.0 Å². The van der Waals surface area contributed by atoms with E-state index in [4.69, 9.17) is 21.3 Å². The summed E-state index contributed by atoms with van der Waals surface area (Å²) in [6.07, 6.45) is 5.00. The highest BCUT2D eigenvalue weighted by atomic mass is 35.5. The van der Waals surface area contributed by atoms with Gasteiger partial charge < -0.3 is 9.30 Å². The maximum absolute atomic E-state index is 6.36. The summed E-state index contributed by atoms with van der Waals surface area (Å²) in [4.78, 5) is 4.78. The highest BCUT2D eigenvalue weighted by Gasteiger charge is 2.23. The molecule has 0 N–H and O–H groups in total. The number of imidazole rings is 1. The van der Waals surface area contributed by atoms with Crippen LogP contribution in [0.1, 0.15) is 50.7 Å². The van der Waals surface area contributed by atoms with Gasteiger partial charge in [-0.3, -0.25) is 0 Å². The Labute approximate surface area is 131 Å². The van der Waals surface area contributed by atoms with Crippen LogP contribution in [0.4, 0.5) is 0 Å². The Kier molecular flexibility index (Phi) is 4.39. The number of ether oxygens (including phenoxy) is 1. The molecule has 1 fully saturated rings. The van der Waals surface area contributed by atoms with Gasteiger partial charge in [-0.05, 0) is 44.2 Å². The summed E-state index contributed by atoms with van der Waals surface area (Å²) in [5.41, 5.74) is 2.10. The molecule has 0 saturated heterocycles. The Morgan fingerprint density at radius 3 is 2.86 bits per heavy atom. The molecule has 1 unspecified atom stereocenters. The molecule has 21 heavy (non-hydrogen) atoms. The first kappa shape index (κ1) is 14.7. The lowest BCUT2D eigenvalue weighted by Crippen LogP contribution is -2.19. The van der Waals surface area contributed by atoms with Crippen LogP contribution in [0.15, 0.2) is 18.2 Å². The van der Waals surface area contributed by atoms with E-state index in [9.17, 15) is 0 Å². The van der Waals surface area contributed by atoms with Crippen molar-refractivity contribution in [2.45, 2.75) is 51.5 Å². The molecule has 1 heterocycles. The first-order valence-electron chi connectivity index (χ1n) is 7.96. The molecular formula is C17H23ClN2O. The quantitative estimate of drug-likeness (QED) is 0.708. The smallest absolute Gasteiger partial charge is 0.147 e. The number of hydrogen-bond acceptors (Lipinski definition) is 2. The van der Waals surface area contributed by atoms with E-state index < -0.39 is 0 Å². The average Bonchev–Trinajstić information content (AvgIpc) is 2.80. The van der Waals surface area contributed by atoms with Gasteiger partial charge in [-0.1, -0.05) is 19.4 Å². The third-order valence-corrected chi connectivity index (χ3v) is 4.45. The Morgan fingerprint density at radius 2 is 2.24 bits per heavy atom. The number of para-hydroxylation sites is 1. The van der Waals surface area contributed by atoms with Crippen LogP contribution in [0.5, 0.6) is 5.75 Å². The average molecular weight is 307 g/mol. The van der Waals surface area contributed by atoms with Gasteiger partial charge in [0.1, 0.15) is 17.1 Å². The van der Waals surface area contributed by atoms with E-state index >= 15 is 0 Å². The fourth-order valence-corrected chi connectivity index (χ4v) is 3.06. The van der Waals surface area contributed by atoms with Crippen molar-refractivity contribution in [3.8, 4) is 5.75 Å². The summed E-state index contributed by atoms with van der Waals surface area (Å²) in [6.45, 7) is 5.86. The van der Waals surface area contributed by atoms with Gasteiger partial charge in [0.25, 0.3) is 0 Å². The van der Waals surface area contributed by atoms with Crippen molar-refractivity contribution >= 4 is 22.6 Å². The largest absolute Gasteiger partial charge is 0.491 e. The Bertz CT molecular complexity index is 617. The van der Waals surface area contributed by atoms with Crippen LogP contribution < -0.4 is 4.74 Å². The van der Waals surface area contributed by atoms with Gasteiger partial charge in [-0.15, -0.1) is 11.6 Å². The number of nitrogens with zero attached hydrogens (tertiary/aromatic N) is 2. The molecule has 1 aromatic carbocycles. The van der Waals surface area contributed by atoms with Crippen LogP contribution in [0, 0.1) is 5.92 Å². The summed E-state index contributed by atoms with van der Waals surface area (Å²) in [5, 5.41) is -0.0866. The minimum absolute atomic E-state index is 0.0866. The van der Waals surface area contributed by atoms with Gasteiger partial charge in [0.2, 0.25) is 0 Å². The van der Waals surface area contributed by atoms with Crippen molar-refractivity contribution in [1.82, 2.24) is 9.55 Å². The van der Waals surface area contributed by atoms with E-state index in [1.807, 2.05) is 13.0 Å². The number of alkyl halides is 1. The molecule has 4 heteroatoms. The topological polar surface area (TPSA) is 27.1 Å². The Hall–Kier alpha value is -1.22. The number of hydrogen-bond donors (Lipinski definition) is 0. The number of rotatable bonds is 6. The molecule has 114 valence electrons. The van der Waals surface area contributed by atoms with Crippen LogP contribution in [-0.2, 0) is 6.54 Å². The monoisotopic (exact) mass is 306 g/mol. The zero-order valence-corrected chi connectivity index (χ0v) is 13.6. The van der Waals surface area contributed by atoms with Gasteiger partial charge in [0.15, 0.2) is 0 Å². The second-order valence-corrected chi connectivity index (χ2v) is 6.62. The molecule has 0 radical (unpaired) electrons. The molecule has 2 aromatic rings. The van der Waals surface area contributed by atoms with E-state index in [1.54, 1.807) is 0 Å². The first-order valence-corrected chi connectivity index (χ1v) is 8.40. The summed E-state index contributed by atoms with van der Waals surface area (Å²) >= 11 is 6.36. The summed E-state index contributed by atoms with van der Waals surface area (Å²) in [6, 6.07) is 6.18. The van der Waals surface area contributed by atoms with Gasteiger partial charge in [-0.25, -0.2) is 4.98 Å². The first-order chi connectivity index (χ1) is 10.2. The van der Waals surface area contributed by atoms with Gasteiger partial charge in [0.05, 0.1) is 17.5 Å². The SMILES string of the molecule is CCCOc1cccc2c1nc(C(C)Cl)n2CC1CCC1. The molecule has 1 aliphatic rings. The fraction of sp³-hybridized carbons (Fsp3) is 0.588. The van der Waals surface area contributed by atoms with Gasteiger partial charge in [-0.2, -0.15) is 0 Å². The fourth-order valence-electron chi connectivity index (χ4n) is 2.90. The van der Waals surface area contributed by atoms with Crippen LogP contribution >= 0.6 is 11.6 Å². The zero-order valence-electron chi connectivity index (χ0n) is 12.8. The number of benzene rings is 1. The molecule has 1 aromatic heterocycles. The normalized spacial score (nSPS) is 16.9. The van der Waals surface area contributed by atoms with Gasteiger partial charge in [0, 0.05) is 6.54 Å². The van der Waals surface area contributed by atoms with Crippen LogP contribution in [0.25, 0.3) is 11.0 Å². The summed E-state index contributed by atoms with van der Waals surface area (Å²) in [7, 11) is 0. The molecular weight excluding hydrogens is 284 g/mol. The second kappa shape index (κ2) is 6.27. The third-order valence-electron chi connectivity index (χ3n) is 4.25. The number of aromatic nitrogens is 2. The Morgan fingerprint density at radius 1 is 1.43 bits per heavy atom. The molecule has 1 aliphatic carbocycles. The molecule has 1 atom stereocenters. The van der Waals surface area contributed by atoms with Crippen LogP contribution in [0.2, 0.25) is 0 Å². The predicted molar refractivity (Wildman–Crippen MR) is 87.1 cm³/mol. The van der Waals surface area contributed by atoms with Crippen LogP contribution in [-0.4, -0.2) is 16.2 Å². The lowest BCUT2D eigenvalue weighted by molar-refractivity contribution is 0.276. The molecule has 0 amide bonds. The van der Waals surface area contributed by atoms with E-state index in [-0.39, 0.29) is 5.38 Å². The minimum Gasteiger partial charge on any atom is -0.491 e. The van der Waals surface area contributed by atoms with Crippen molar-refractivity contribution in [3.63, 3.8) is 0 Å². The molecule has 3 nitrogen and oxygen atoms in total. The van der Waals surface area contributed by atoms with Crippen LogP contribution in [0.3, 0.4) is 0 Å². The van der Waals surface area contributed by atoms with E-state index in [2.05, 4.69) is 23.6 Å². The lowest BCUT2D eigenvalue weighted by Gasteiger charge is -2.27. The Balaban J connectivity index is 2.03. The third kappa shape index (κ3) is 2.89. The number of fused-ring (bicyclic) bond motifs is 1. The highest BCUT2D eigenvalue weighted by Crippen LogP contribution is 2.34. The van der Waals surface area contributed by atoms with E-state index in [0.717, 1.165) is 48.1 Å². The molecule has 3 rings (SSSR count).